The number of piperidine rings is 1. The summed E-state index contributed by atoms with van der Waals surface area (Å²) in [5.74, 6) is -0.275. The van der Waals surface area contributed by atoms with Gasteiger partial charge in [0.05, 0.1) is 11.3 Å². The molecule has 2 aromatic rings. The van der Waals surface area contributed by atoms with Crippen LogP contribution < -0.4 is 5.32 Å². The molecule has 1 N–H and O–H groups in total. The van der Waals surface area contributed by atoms with Gasteiger partial charge in [0.15, 0.2) is 6.17 Å². The van der Waals surface area contributed by atoms with Crippen molar-refractivity contribution in [3.8, 4) is 0 Å². The SMILES string of the molecule is O=C1OC2(CCN(C(=O)NC3C=C(c4ccccc4)N=N3)CC2)c2ccccc21. The lowest BCUT2D eigenvalue weighted by molar-refractivity contribution is -0.0370. The first-order valence-electron chi connectivity index (χ1n) is 9.71. The van der Waals surface area contributed by atoms with Crippen molar-refractivity contribution >= 4 is 17.7 Å². The van der Waals surface area contributed by atoms with Crippen molar-refractivity contribution in [2.45, 2.75) is 24.6 Å². The minimum absolute atomic E-state index is 0.188. The molecule has 2 aromatic carbocycles. The molecular weight excluding hydrogens is 368 g/mol. The van der Waals surface area contributed by atoms with E-state index < -0.39 is 11.8 Å². The first kappa shape index (κ1) is 17.6. The summed E-state index contributed by atoms with van der Waals surface area (Å²) in [6, 6.07) is 17.1. The van der Waals surface area contributed by atoms with E-state index >= 15 is 0 Å². The third-order valence-electron chi connectivity index (χ3n) is 5.73. The average molecular weight is 388 g/mol. The lowest BCUT2D eigenvalue weighted by Crippen LogP contribution is -2.50. The second-order valence-corrected chi connectivity index (χ2v) is 7.44. The number of carbonyl (C=O) groups is 2. The molecule has 1 atom stereocenters. The van der Waals surface area contributed by atoms with Crippen LogP contribution in [0.3, 0.4) is 0 Å². The first-order chi connectivity index (χ1) is 14.1. The molecule has 7 heteroatoms. The lowest BCUT2D eigenvalue weighted by Gasteiger charge is -2.38. The zero-order chi connectivity index (χ0) is 19.8. The quantitative estimate of drug-likeness (QED) is 0.797. The molecule has 3 aliphatic rings. The van der Waals surface area contributed by atoms with Gasteiger partial charge in [-0.3, -0.25) is 0 Å². The Morgan fingerprint density at radius 3 is 2.59 bits per heavy atom. The molecule has 2 amide bonds. The fourth-order valence-corrected chi connectivity index (χ4v) is 4.18. The van der Waals surface area contributed by atoms with Crippen molar-refractivity contribution in [3.05, 3.63) is 77.4 Å². The molecule has 0 bridgehead atoms. The van der Waals surface area contributed by atoms with Crippen LogP contribution in [0.2, 0.25) is 0 Å². The maximum Gasteiger partial charge on any atom is 0.339 e. The third-order valence-corrected chi connectivity index (χ3v) is 5.73. The number of benzene rings is 2. The van der Waals surface area contributed by atoms with Gasteiger partial charge >= 0.3 is 12.0 Å². The number of nitrogens with one attached hydrogen (secondary N) is 1. The first-order valence-corrected chi connectivity index (χ1v) is 9.71. The fourth-order valence-electron chi connectivity index (χ4n) is 4.18. The number of hydrogen-bond donors (Lipinski definition) is 1. The van der Waals surface area contributed by atoms with Gasteiger partial charge in [0.25, 0.3) is 0 Å². The van der Waals surface area contributed by atoms with Crippen molar-refractivity contribution in [2.75, 3.05) is 13.1 Å². The lowest BCUT2D eigenvalue weighted by atomic mass is 9.84. The van der Waals surface area contributed by atoms with Gasteiger partial charge in [0, 0.05) is 37.1 Å². The number of likely N-dealkylation sites (tertiary alicyclic amines) is 1. The standard InChI is InChI=1S/C22H20N4O3/c27-20-16-8-4-5-9-17(16)22(29-20)10-12-26(13-11-22)21(28)23-19-14-18(24-25-19)15-6-2-1-3-7-15/h1-9,14,19H,10-13H2,(H,23,28). The Morgan fingerprint density at radius 2 is 1.79 bits per heavy atom. The fraction of sp³-hybridized carbons (Fsp3) is 0.273. The molecule has 29 heavy (non-hydrogen) atoms. The van der Waals surface area contributed by atoms with Gasteiger partial charge in [-0.1, -0.05) is 48.5 Å². The molecule has 0 saturated carbocycles. The monoisotopic (exact) mass is 388 g/mol. The summed E-state index contributed by atoms with van der Waals surface area (Å²) >= 11 is 0. The van der Waals surface area contributed by atoms with E-state index in [1.54, 1.807) is 11.0 Å². The number of urea groups is 1. The van der Waals surface area contributed by atoms with Crippen LogP contribution >= 0.6 is 0 Å². The zero-order valence-electron chi connectivity index (χ0n) is 15.7. The molecule has 3 heterocycles. The van der Waals surface area contributed by atoms with Crippen LogP contribution in [0, 0.1) is 0 Å². The number of amides is 2. The topological polar surface area (TPSA) is 83.4 Å². The van der Waals surface area contributed by atoms with E-state index in [4.69, 9.17) is 4.74 Å². The Morgan fingerprint density at radius 1 is 1.07 bits per heavy atom. The molecule has 1 unspecified atom stereocenters. The van der Waals surface area contributed by atoms with Crippen molar-refractivity contribution in [3.63, 3.8) is 0 Å². The molecule has 0 radical (unpaired) electrons. The molecule has 146 valence electrons. The van der Waals surface area contributed by atoms with Crippen molar-refractivity contribution < 1.29 is 14.3 Å². The van der Waals surface area contributed by atoms with Crippen molar-refractivity contribution in [1.29, 1.82) is 0 Å². The van der Waals surface area contributed by atoms with Crippen LogP contribution in [0.1, 0.15) is 34.3 Å². The van der Waals surface area contributed by atoms with Gasteiger partial charge in [-0.15, -0.1) is 0 Å². The normalized spacial score (nSPS) is 21.7. The number of hydrogen-bond acceptors (Lipinski definition) is 5. The average Bonchev–Trinajstić information content (AvgIpc) is 3.33. The Balaban J connectivity index is 1.22. The van der Waals surface area contributed by atoms with Gasteiger partial charge in [-0.05, 0) is 12.1 Å². The summed E-state index contributed by atoms with van der Waals surface area (Å²) in [6.45, 7) is 1.01. The van der Waals surface area contributed by atoms with E-state index in [2.05, 4.69) is 15.5 Å². The van der Waals surface area contributed by atoms with Crippen LogP contribution in [0.4, 0.5) is 4.79 Å². The summed E-state index contributed by atoms with van der Waals surface area (Å²) in [6.07, 6.45) is 2.54. The van der Waals surface area contributed by atoms with E-state index in [0.29, 0.717) is 31.5 Å². The second-order valence-electron chi connectivity index (χ2n) is 7.44. The second kappa shape index (κ2) is 6.84. The van der Waals surface area contributed by atoms with Gasteiger partial charge in [-0.2, -0.15) is 10.2 Å². The smallest absolute Gasteiger partial charge is 0.339 e. The summed E-state index contributed by atoms with van der Waals surface area (Å²) in [4.78, 5) is 26.6. The molecule has 1 saturated heterocycles. The molecule has 0 aliphatic carbocycles. The maximum absolute atomic E-state index is 12.7. The van der Waals surface area contributed by atoms with Gasteiger partial charge in [-0.25, -0.2) is 9.59 Å². The van der Waals surface area contributed by atoms with E-state index in [-0.39, 0.29) is 12.0 Å². The van der Waals surface area contributed by atoms with Crippen molar-refractivity contribution in [1.82, 2.24) is 10.2 Å². The molecule has 7 nitrogen and oxygen atoms in total. The van der Waals surface area contributed by atoms with Crippen LogP contribution in [-0.4, -0.2) is 36.2 Å². The number of azo groups is 1. The summed E-state index contributed by atoms with van der Waals surface area (Å²) in [7, 11) is 0. The Kier molecular flexibility index (Phi) is 4.16. The molecule has 3 aliphatic heterocycles. The van der Waals surface area contributed by atoms with Crippen LogP contribution in [0.25, 0.3) is 5.70 Å². The van der Waals surface area contributed by atoms with Crippen LogP contribution in [0.5, 0.6) is 0 Å². The molecule has 0 aromatic heterocycles. The van der Waals surface area contributed by atoms with E-state index in [9.17, 15) is 9.59 Å². The Hall–Kier alpha value is -3.48. The van der Waals surface area contributed by atoms with Crippen LogP contribution in [-0.2, 0) is 10.3 Å². The van der Waals surface area contributed by atoms with Gasteiger partial charge in [0.2, 0.25) is 0 Å². The Labute approximate surface area is 168 Å². The number of nitrogens with zero attached hydrogens (tertiary/aromatic N) is 3. The molecule has 5 rings (SSSR count). The largest absolute Gasteiger partial charge is 0.450 e. The third kappa shape index (κ3) is 3.08. The molecular formula is C22H20N4O3. The number of carbonyl (C=O) groups excluding carboxylic acids is 2. The summed E-state index contributed by atoms with van der Waals surface area (Å²) in [5.41, 5.74) is 2.68. The minimum atomic E-state index is -0.613. The van der Waals surface area contributed by atoms with Gasteiger partial charge in [0.1, 0.15) is 5.60 Å². The minimum Gasteiger partial charge on any atom is -0.450 e. The predicted octanol–water partition coefficient (Wildman–Crippen LogP) is 3.69. The maximum atomic E-state index is 12.7. The highest BCUT2D eigenvalue weighted by Gasteiger charge is 2.47. The highest BCUT2D eigenvalue weighted by atomic mass is 16.6. The highest BCUT2D eigenvalue weighted by molar-refractivity contribution is 5.94. The van der Waals surface area contributed by atoms with E-state index in [1.165, 1.54) is 0 Å². The van der Waals surface area contributed by atoms with Gasteiger partial charge < -0.3 is 15.0 Å². The van der Waals surface area contributed by atoms with Crippen molar-refractivity contribution in [2.24, 2.45) is 10.2 Å². The molecule has 1 spiro atoms. The summed E-state index contributed by atoms with van der Waals surface area (Å²) in [5, 5.41) is 11.2. The van der Waals surface area contributed by atoms with E-state index in [1.807, 2.05) is 54.6 Å². The van der Waals surface area contributed by atoms with E-state index in [0.717, 1.165) is 16.8 Å². The van der Waals surface area contributed by atoms with Crippen LogP contribution in [0.15, 0.2) is 70.9 Å². The number of rotatable bonds is 2. The highest BCUT2D eigenvalue weighted by Crippen LogP contribution is 2.43. The number of ether oxygens (including phenoxy) is 1. The molecule has 1 fully saturated rings. The zero-order valence-corrected chi connectivity index (χ0v) is 15.7. The number of esters is 1. The number of fused-ring (bicyclic) bond motifs is 2. The Bertz CT molecular complexity index is 1020. The summed E-state index contributed by atoms with van der Waals surface area (Å²) < 4.78 is 5.74. The predicted molar refractivity (Wildman–Crippen MR) is 106 cm³/mol.